The molecule has 0 unspecified atom stereocenters. The van der Waals surface area contributed by atoms with Crippen LogP contribution in [-0.4, -0.2) is 26.3 Å². The zero-order chi connectivity index (χ0) is 22.8. The van der Waals surface area contributed by atoms with Gasteiger partial charge >= 0.3 is 0 Å². The number of hydrogen-bond acceptors (Lipinski definition) is 7. The lowest BCUT2D eigenvalue weighted by molar-refractivity contribution is 0.244. The van der Waals surface area contributed by atoms with Crippen molar-refractivity contribution >= 4 is 17.0 Å². The molecule has 0 fully saturated rings. The fraction of sp³-hybridized carbons (Fsp3) is 0.320. The maximum Gasteiger partial charge on any atom is 0.148 e. The predicted octanol–water partition coefficient (Wildman–Crippen LogP) is 5.13. The van der Waals surface area contributed by atoms with E-state index in [0.29, 0.717) is 17.5 Å². The lowest BCUT2D eigenvalue weighted by Crippen LogP contribution is -2.25. The Morgan fingerprint density at radius 2 is 2.09 bits per heavy atom. The largest absolute Gasteiger partial charge is 0.489 e. The molecule has 4 N–H and O–H groups in total. The van der Waals surface area contributed by atoms with Crippen LogP contribution in [0, 0.1) is 0 Å². The van der Waals surface area contributed by atoms with Crippen LogP contribution in [0.5, 0.6) is 5.75 Å². The molecule has 0 amide bonds. The van der Waals surface area contributed by atoms with Gasteiger partial charge < -0.3 is 20.8 Å². The maximum atomic E-state index is 6.21. The number of nitrogens with one attached hydrogen (secondary N) is 2. The summed E-state index contributed by atoms with van der Waals surface area (Å²) in [4.78, 5) is 7.49. The van der Waals surface area contributed by atoms with E-state index in [1.165, 1.54) is 16.7 Å². The van der Waals surface area contributed by atoms with Crippen molar-refractivity contribution < 1.29 is 4.74 Å². The van der Waals surface area contributed by atoms with Gasteiger partial charge in [0.05, 0.1) is 18.3 Å². The van der Waals surface area contributed by atoms with Gasteiger partial charge in [-0.3, -0.25) is 0 Å². The minimum absolute atomic E-state index is 0.0768. The van der Waals surface area contributed by atoms with Crippen LogP contribution in [0.3, 0.4) is 0 Å². The molecule has 2 aromatic heterocycles. The highest BCUT2D eigenvalue weighted by Gasteiger charge is 2.24. The van der Waals surface area contributed by atoms with Crippen LogP contribution in [0.25, 0.3) is 21.1 Å². The molecular weight excluding hydrogens is 432 g/mol. The molecule has 0 saturated carbocycles. The average molecular weight is 461 g/mol. The number of fused-ring (bicyclic) bond motifs is 1. The van der Waals surface area contributed by atoms with E-state index in [-0.39, 0.29) is 6.10 Å². The van der Waals surface area contributed by atoms with Crippen molar-refractivity contribution in [1.82, 2.24) is 25.5 Å². The summed E-state index contributed by atoms with van der Waals surface area (Å²) in [6.07, 6.45) is 7.02. The second-order valence-corrected chi connectivity index (χ2v) is 9.54. The molecule has 0 radical (unpaired) electrons. The van der Waals surface area contributed by atoms with E-state index in [1.807, 2.05) is 38.2 Å². The summed E-state index contributed by atoms with van der Waals surface area (Å²) in [6, 6.07) is 12.6. The Hall–Kier alpha value is -3.23. The first kappa shape index (κ1) is 21.6. The third-order valence-corrected chi connectivity index (χ3v) is 6.86. The molecule has 4 aromatic rings. The average Bonchev–Trinajstić information content (AvgIpc) is 3.51. The molecular formula is C25H28N6OS. The third-order valence-electron chi connectivity index (χ3n) is 5.85. The van der Waals surface area contributed by atoms with Gasteiger partial charge in [0.2, 0.25) is 0 Å². The molecule has 2 aromatic carbocycles. The number of aromatic nitrogens is 4. The number of nitrogens with two attached hydrogens (primary N) is 1. The first-order valence-corrected chi connectivity index (χ1v) is 12.1. The van der Waals surface area contributed by atoms with E-state index in [0.717, 1.165) is 47.2 Å². The van der Waals surface area contributed by atoms with Gasteiger partial charge in [-0.05, 0) is 62.4 Å². The first-order chi connectivity index (χ1) is 16.1. The number of ether oxygens (including phenoxy) is 1. The zero-order valence-electron chi connectivity index (χ0n) is 18.8. The van der Waals surface area contributed by atoms with Crippen LogP contribution in [0.2, 0.25) is 0 Å². The summed E-state index contributed by atoms with van der Waals surface area (Å²) in [7, 11) is 0. The van der Waals surface area contributed by atoms with Crippen LogP contribution < -0.4 is 15.8 Å². The summed E-state index contributed by atoms with van der Waals surface area (Å²) < 4.78 is 5.76. The number of benzene rings is 2. The highest BCUT2D eigenvalue weighted by Crippen LogP contribution is 2.39. The number of rotatable bonds is 7. The molecule has 0 bridgehead atoms. The monoisotopic (exact) mass is 460 g/mol. The lowest BCUT2D eigenvalue weighted by atomic mass is 9.85. The van der Waals surface area contributed by atoms with Gasteiger partial charge in [-0.2, -0.15) is 0 Å². The highest BCUT2D eigenvalue weighted by atomic mass is 32.1. The van der Waals surface area contributed by atoms with Crippen LogP contribution in [0.1, 0.15) is 49.7 Å². The molecule has 33 heavy (non-hydrogen) atoms. The zero-order valence-corrected chi connectivity index (χ0v) is 19.7. The van der Waals surface area contributed by atoms with Crippen molar-refractivity contribution in [2.24, 2.45) is 0 Å². The second-order valence-electron chi connectivity index (χ2n) is 8.57. The van der Waals surface area contributed by atoms with Crippen molar-refractivity contribution in [1.29, 1.82) is 0 Å². The quantitative estimate of drug-likeness (QED) is 0.330. The normalized spacial score (nSPS) is 15.5. The standard InChI is InChI=1S/C25H28N6OS/c1-15(2)32-22-10-9-16(13-20(22)26)24-30-31-25(33-24)19-7-3-6-18-17(19)5-4-8-21(18)29-14-23-27-11-12-28-23/h3,6-7,9-13,15,21,29H,4-5,8,14,26H2,1-2H3,(H,27,28)/t21-/m1/s1. The van der Waals surface area contributed by atoms with Gasteiger partial charge in [-0.15, -0.1) is 10.2 Å². The Balaban J connectivity index is 1.40. The number of nitrogen functional groups attached to an aromatic ring is 1. The smallest absolute Gasteiger partial charge is 0.148 e. The highest BCUT2D eigenvalue weighted by molar-refractivity contribution is 7.17. The number of hydrogen-bond donors (Lipinski definition) is 3. The van der Waals surface area contributed by atoms with Gasteiger partial charge in [-0.1, -0.05) is 29.5 Å². The first-order valence-electron chi connectivity index (χ1n) is 11.3. The Kier molecular flexibility index (Phi) is 6.11. The Labute approximate surface area is 197 Å². The van der Waals surface area contributed by atoms with Crippen LogP contribution in [-0.2, 0) is 13.0 Å². The summed E-state index contributed by atoms with van der Waals surface area (Å²) in [5, 5.41) is 14.5. The van der Waals surface area contributed by atoms with Gasteiger partial charge in [0, 0.05) is 29.6 Å². The molecule has 7 nitrogen and oxygen atoms in total. The summed E-state index contributed by atoms with van der Waals surface area (Å²) in [5.41, 5.74) is 11.7. The molecule has 2 heterocycles. The lowest BCUT2D eigenvalue weighted by Gasteiger charge is -2.27. The number of H-pyrrole nitrogens is 1. The topological polar surface area (TPSA) is 102 Å². The molecule has 1 aliphatic carbocycles. The molecule has 1 atom stereocenters. The SMILES string of the molecule is CC(C)Oc1ccc(-c2nnc(-c3cccc4c3CCC[C@H]4NCc3ncc[nH]3)s2)cc1N. The minimum atomic E-state index is 0.0768. The van der Waals surface area contributed by atoms with Gasteiger partial charge in [-0.25, -0.2) is 4.98 Å². The number of nitrogens with zero attached hydrogens (tertiary/aromatic N) is 3. The van der Waals surface area contributed by atoms with E-state index >= 15 is 0 Å². The summed E-state index contributed by atoms with van der Waals surface area (Å²) >= 11 is 1.60. The van der Waals surface area contributed by atoms with E-state index < -0.39 is 0 Å². The van der Waals surface area contributed by atoms with Crippen LogP contribution >= 0.6 is 11.3 Å². The molecule has 5 rings (SSSR count). The summed E-state index contributed by atoms with van der Waals surface area (Å²) in [5.74, 6) is 1.65. The fourth-order valence-electron chi connectivity index (χ4n) is 4.37. The second kappa shape index (κ2) is 9.33. The van der Waals surface area contributed by atoms with Crippen molar-refractivity contribution in [3.8, 4) is 26.9 Å². The number of aromatic amines is 1. The van der Waals surface area contributed by atoms with Crippen molar-refractivity contribution in [3.63, 3.8) is 0 Å². The summed E-state index contributed by atoms with van der Waals surface area (Å²) in [6.45, 7) is 4.70. The third kappa shape index (κ3) is 4.62. The van der Waals surface area contributed by atoms with E-state index in [9.17, 15) is 0 Å². The molecule has 0 aliphatic heterocycles. The van der Waals surface area contributed by atoms with Crippen molar-refractivity contribution in [2.45, 2.75) is 51.8 Å². The number of anilines is 1. The predicted molar refractivity (Wildman–Crippen MR) is 132 cm³/mol. The van der Waals surface area contributed by atoms with E-state index in [1.54, 1.807) is 17.5 Å². The van der Waals surface area contributed by atoms with Crippen molar-refractivity contribution in [2.75, 3.05) is 5.73 Å². The Morgan fingerprint density at radius 3 is 2.88 bits per heavy atom. The van der Waals surface area contributed by atoms with Crippen LogP contribution in [0.15, 0.2) is 48.8 Å². The molecule has 1 aliphatic rings. The fourth-order valence-corrected chi connectivity index (χ4v) is 5.26. The Bertz CT molecular complexity index is 1230. The molecule has 170 valence electrons. The van der Waals surface area contributed by atoms with Crippen LogP contribution in [0.4, 0.5) is 5.69 Å². The molecule has 0 saturated heterocycles. The Morgan fingerprint density at radius 1 is 1.21 bits per heavy atom. The van der Waals surface area contributed by atoms with E-state index in [2.05, 4.69) is 43.7 Å². The maximum absolute atomic E-state index is 6.21. The van der Waals surface area contributed by atoms with Crippen molar-refractivity contribution in [3.05, 3.63) is 65.7 Å². The van der Waals surface area contributed by atoms with Gasteiger partial charge in [0.25, 0.3) is 0 Å². The van der Waals surface area contributed by atoms with Gasteiger partial charge in [0.15, 0.2) is 0 Å². The van der Waals surface area contributed by atoms with Gasteiger partial charge in [0.1, 0.15) is 21.6 Å². The van der Waals surface area contributed by atoms with E-state index in [4.69, 9.17) is 10.5 Å². The minimum Gasteiger partial charge on any atom is -0.489 e. The molecule has 8 heteroatoms. The molecule has 0 spiro atoms. The number of imidazole rings is 1.